The van der Waals surface area contributed by atoms with Gasteiger partial charge in [0, 0.05) is 11.6 Å². The van der Waals surface area contributed by atoms with Crippen molar-refractivity contribution >= 4 is 40.1 Å². The lowest BCUT2D eigenvalue weighted by Crippen LogP contribution is -2.28. The van der Waals surface area contributed by atoms with Crippen molar-refractivity contribution in [3.8, 4) is 17.2 Å². The Bertz CT molecular complexity index is 1530. The summed E-state index contributed by atoms with van der Waals surface area (Å²) in [5, 5.41) is 19.6. The van der Waals surface area contributed by atoms with Crippen molar-refractivity contribution in [3.63, 3.8) is 0 Å². The van der Waals surface area contributed by atoms with Crippen LogP contribution in [0.4, 0.5) is 13.2 Å². The Morgan fingerprint density at radius 3 is 1.45 bits per heavy atom. The molecule has 0 saturated carbocycles. The maximum absolute atomic E-state index is 12.4. The second-order valence-electron chi connectivity index (χ2n) is 7.78. The molecule has 0 amide bonds. The molecule has 0 fully saturated rings. The molecule has 17 heteroatoms. The van der Waals surface area contributed by atoms with E-state index in [1.165, 1.54) is 26.4 Å². The number of hydrogen-bond acceptors (Lipinski definition) is 13. The molecule has 0 atom stereocenters. The normalized spacial score (nSPS) is 10.9. The van der Waals surface area contributed by atoms with E-state index in [1.807, 2.05) is 0 Å². The number of phenolic OH excluding ortho intramolecular Hbond substituents is 2. The minimum atomic E-state index is -6.06. The van der Waals surface area contributed by atoms with E-state index in [0.29, 0.717) is 17.2 Å². The third-order valence-corrected chi connectivity index (χ3v) is 6.35. The highest BCUT2D eigenvalue weighted by molar-refractivity contribution is 7.88. The number of benzene rings is 2. The van der Waals surface area contributed by atoms with Crippen molar-refractivity contribution in [2.24, 2.45) is 0 Å². The van der Waals surface area contributed by atoms with E-state index in [1.54, 1.807) is 6.92 Å². The molecule has 0 radical (unpaired) electrons. The van der Waals surface area contributed by atoms with Gasteiger partial charge in [0.25, 0.3) is 0 Å². The molecular weight excluding hydrogens is 597 g/mol. The fourth-order valence-electron chi connectivity index (χ4n) is 3.33. The predicted octanol–water partition coefficient (Wildman–Crippen LogP) is 3.42. The lowest BCUT2D eigenvalue weighted by atomic mass is 9.95. The zero-order chi connectivity index (χ0) is 32.7. The summed E-state index contributed by atoms with van der Waals surface area (Å²) in [6, 6.07) is 1.79. The summed E-state index contributed by atoms with van der Waals surface area (Å²) in [6.45, 7) is 6.21. The van der Waals surface area contributed by atoms with Crippen LogP contribution in [0.5, 0.6) is 17.2 Å². The van der Waals surface area contributed by atoms with Gasteiger partial charge in [-0.2, -0.15) is 21.6 Å². The average molecular weight is 623 g/mol. The second kappa shape index (κ2) is 13.7. The quantitative estimate of drug-likeness (QED) is 0.198. The van der Waals surface area contributed by atoms with E-state index < -0.39 is 67.7 Å². The SMILES string of the molecule is C=Cc1cc(O)c(C(=O)OC)c(C(=O)OC)c1C.COC(=O)c1c(O)cc(OS(=O)(=O)C(F)(F)F)c(C)c1C(=O)OC. The van der Waals surface area contributed by atoms with E-state index in [2.05, 4.69) is 29.7 Å². The summed E-state index contributed by atoms with van der Waals surface area (Å²) in [7, 11) is -1.87. The number of aromatic hydroxyl groups is 2. The highest BCUT2D eigenvalue weighted by atomic mass is 32.2. The number of carbonyl (C=O) groups is 4. The van der Waals surface area contributed by atoms with Crippen LogP contribution in [0.25, 0.3) is 6.08 Å². The Morgan fingerprint density at radius 2 is 1.10 bits per heavy atom. The van der Waals surface area contributed by atoms with Gasteiger partial charge in [-0.15, -0.1) is 0 Å². The summed E-state index contributed by atoms with van der Waals surface area (Å²) in [4.78, 5) is 46.8. The Balaban J connectivity index is 0.000000437. The van der Waals surface area contributed by atoms with Crippen LogP contribution in [0, 0.1) is 13.8 Å². The molecule has 0 aliphatic rings. The molecule has 0 unspecified atom stereocenters. The Hall–Kier alpha value is -4.80. The topological polar surface area (TPSA) is 189 Å². The van der Waals surface area contributed by atoms with Gasteiger partial charge in [0.15, 0.2) is 0 Å². The van der Waals surface area contributed by atoms with Gasteiger partial charge in [-0.1, -0.05) is 12.7 Å². The second-order valence-corrected chi connectivity index (χ2v) is 9.32. The molecule has 13 nitrogen and oxygen atoms in total. The maximum atomic E-state index is 12.4. The van der Waals surface area contributed by atoms with E-state index in [0.717, 1.165) is 21.1 Å². The molecule has 230 valence electrons. The fourth-order valence-corrected chi connectivity index (χ4v) is 3.83. The first kappa shape index (κ1) is 35.2. The largest absolute Gasteiger partial charge is 0.534 e. The van der Waals surface area contributed by atoms with Crippen LogP contribution in [0.1, 0.15) is 58.1 Å². The number of methoxy groups -OCH3 is 4. The number of phenols is 2. The van der Waals surface area contributed by atoms with Gasteiger partial charge in [-0.3, -0.25) is 0 Å². The average Bonchev–Trinajstić information content (AvgIpc) is 2.93. The van der Waals surface area contributed by atoms with E-state index in [9.17, 15) is 51.0 Å². The molecule has 0 aliphatic heterocycles. The Labute approximate surface area is 237 Å². The standard InChI is InChI=1S/C13H14O5.C12H11F3O8S/c1-5-8-6-9(14)11(13(16)18-4)10(7(8)2)12(15)17-3;1-5-7(23-24(19,20)12(13,14)15)4-6(16)9(11(18)22-3)8(5)10(17)21-2/h5-6,14H,1H2,2-4H3;4,16H,1-3H3. The van der Waals surface area contributed by atoms with Gasteiger partial charge in [0.2, 0.25) is 0 Å². The first-order chi connectivity index (χ1) is 19.3. The van der Waals surface area contributed by atoms with Gasteiger partial charge in [0.1, 0.15) is 28.4 Å². The smallest absolute Gasteiger partial charge is 0.507 e. The number of halogens is 3. The molecule has 0 saturated heterocycles. The van der Waals surface area contributed by atoms with Crippen molar-refractivity contribution in [3.05, 3.63) is 57.7 Å². The molecule has 2 aromatic rings. The van der Waals surface area contributed by atoms with Crippen LogP contribution in [-0.2, 0) is 29.1 Å². The lowest BCUT2D eigenvalue weighted by Gasteiger charge is -2.16. The summed E-state index contributed by atoms with van der Waals surface area (Å²) < 4.78 is 81.1. The number of esters is 4. The highest BCUT2D eigenvalue weighted by Gasteiger charge is 2.49. The number of carbonyl (C=O) groups excluding carboxylic acids is 4. The van der Waals surface area contributed by atoms with Gasteiger partial charge >= 0.3 is 39.5 Å². The number of ether oxygens (including phenoxy) is 4. The Kier molecular flexibility index (Phi) is 11.5. The minimum Gasteiger partial charge on any atom is -0.507 e. The molecule has 0 bridgehead atoms. The summed E-state index contributed by atoms with van der Waals surface area (Å²) in [5.41, 5.74) is -6.80. The summed E-state index contributed by atoms with van der Waals surface area (Å²) >= 11 is 0. The predicted molar refractivity (Wildman–Crippen MR) is 137 cm³/mol. The third-order valence-electron chi connectivity index (χ3n) is 5.39. The van der Waals surface area contributed by atoms with E-state index >= 15 is 0 Å². The molecule has 2 N–H and O–H groups in total. The monoisotopic (exact) mass is 622 g/mol. The van der Waals surface area contributed by atoms with Crippen LogP contribution < -0.4 is 4.18 Å². The zero-order valence-corrected chi connectivity index (χ0v) is 23.7. The highest BCUT2D eigenvalue weighted by Crippen LogP contribution is 2.36. The summed E-state index contributed by atoms with van der Waals surface area (Å²) in [6.07, 6.45) is 1.47. The van der Waals surface area contributed by atoms with Crippen molar-refractivity contribution < 1.29 is 74.1 Å². The van der Waals surface area contributed by atoms with Crippen LogP contribution in [-0.4, -0.2) is 76.5 Å². The lowest BCUT2D eigenvalue weighted by molar-refractivity contribution is -0.0500. The van der Waals surface area contributed by atoms with Crippen LogP contribution in [0.3, 0.4) is 0 Å². The van der Waals surface area contributed by atoms with Crippen molar-refractivity contribution in [2.75, 3.05) is 28.4 Å². The van der Waals surface area contributed by atoms with E-state index in [4.69, 9.17) is 0 Å². The molecule has 2 rings (SSSR count). The van der Waals surface area contributed by atoms with Crippen molar-refractivity contribution in [2.45, 2.75) is 19.4 Å². The number of alkyl halides is 3. The molecule has 0 heterocycles. The van der Waals surface area contributed by atoms with E-state index in [-0.39, 0.29) is 16.9 Å². The molecule has 42 heavy (non-hydrogen) atoms. The summed E-state index contributed by atoms with van der Waals surface area (Å²) in [5.74, 6) is -6.31. The van der Waals surface area contributed by atoms with Gasteiger partial charge in [0.05, 0.1) is 39.6 Å². The Morgan fingerprint density at radius 1 is 0.738 bits per heavy atom. The van der Waals surface area contributed by atoms with Gasteiger partial charge in [-0.25, -0.2) is 19.2 Å². The minimum absolute atomic E-state index is 0.0146. The van der Waals surface area contributed by atoms with Crippen molar-refractivity contribution in [1.29, 1.82) is 0 Å². The molecular formula is C25H25F3O13S. The first-order valence-corrected chi connectivity index (χ1v) is 12.4. The molecule has 0 aliphatic carbocycles. The maximum Gasteiger partial charge on any atom is 0.534 e. The molecule has 2 aromatic carbocycles. The van der Waals surface area contributed by atoms with Crippen LogP contribution >= 0.6 is 0 Å². The zero-order valence-electron chi connectivity index (χ0n) is 22.9. The van der Waals surface area contributed by atoms with Crippen LogP contribution in [0.15, 0.2) is 18.7 Å². The number of hydrogen-bond donors (Lipinski definition) is 2. The van der Waals surface area contributed by atoms with Gasteiger partial charge < -0.3 is 33.3 Å². The van der Waals surface area contributed by atoms with Crippen LogP contribution in [0.2, 0.25) is 0 Å². The number of rotatable bonds is 7. The molecule has 0 spiro atoms. The fraction of sp³-hybridized carbons (Fsp3) is 0.280. The molecule has 0 aromatic heterocycles. The first-order valence-electron chi connectivity index (χ1n) is 11.0. The van der Waals surface area contributed by atoms with Crippen molar-refractivity contribution in [1.82, 2.24) is 0 Å². The van der Waals surface area contributed by atoms with Gasteiger partial charge in [-0.05, 0) is 31.0 Å². The third kappa shape index (κ3) is 7.28.